The van der Waals surface area contributed by atoms with Gasteiger partial charge in [-0.3, -0.25) is 4.79 Å². The number of likely N-dealkylation sites (tertiary alicyclic amines) is 1. The standard InChI is InChI=1S/C36H42ClF2N3O7S/c1-34(2)32(43)40-50(45,46)26-9-12-31-29(18-26)42(20-35(22-47-31)13-3-5-23-17-25(37)8-11-28(23)35)19-24-7-10-27(24)30(6-4-16-48-34)49-33(44)41-15-14-36(38,39)21-41/h4,6,8-9,11-12,17-18,24,27,30H,3,5,7,10,13-16,19-22H2,1-2H3,(H,40,43)/b6-4+/t24-,27+,30-,35-/m0/s1. The van der Waals surface area contributed by atoms with Gasteiger partial charge in [-0.15, -0.1) is 0 Å². The van der Waals surface area contributed by atoms with Crippen LogP contribution in [0.2, 0.25) is 5.02 Å². The second kappa shape index (κ2) is 13.0. The molecule has 2 aliphatic carbocycles. The van der Waals surface area contributed by atoms with Crippen LogP contribution in [0.15, 0.2) is 53.4 Å². The minimum atomic E-state index is -4.29. The van der Waals surface area contributed by atoms with E-state index in [4.69, 9.17) is 25.8 Å². The molecule has 2 aromatic carbocycles. The van der Waals surface area contributed by atoms with Gasteiger partial charge < -0.3 is 24.0 Å². The number of aryl methyl sites for hydroxylation is 1. The highest BCUT2D eigenvalue weighted by atomic mass is 35.5. The van der Waals surface area contributed by atoms with Crippen LogP contribution < -0.4 is 14.4 Å². The summed E-state index contributed by atoms with van der Waals surface area (Å²) in [5, 5.41) is 0.665. The first kappa shape index (κ1) is 35.0. The van der Waals surface area contributed by atoms with Gasteiger partial charge in [-0.2, -0.15) is 0 Å². The number of anilines is 1. The Bertz CT molecular complexity index is 1820. The number of nitrogens with one attached hydrogen (secondary N) is 1. The van der Waals surface area contributed by atoms with Crippen molar-refractivity contribution in [1.29, 1.82) is 0 Å². The number of amides is 2. The quantitative estimate of drug-likeness (QED) is 0.363. The molecule has 1 spiro atoms. The summed E-state index contributed by atoms with van der Waals surface area (Å²) in [6.07, 6.45) is 5.59. The number of hydrogen-bond acceptors (Lipinski definition) is 8. The van der Waals surface area contributed by atoms with Crippen molar-refractivity contribution in [2.24, 2.45) is 11.8 Å². The van der Waals surface area contributed by atoms with Crippen molar-refractivity contribution in [2.75, 3.05) is 44.3 Å². The van der Waals surface area contributed by atoms with Crippen LogP contribution in [0.3, 0.4) is 0 Å². The molecule has 2 amide bonds. The molecule has 2 aromatic rings. The van der Waals surface area contributed by atoms with Gasteiger partial charge in [-0.1, -0.05) is 23.7 Å². The fraction of sp³-hybridized carbons (Fsp3) is 0.556. The van der Waals surface area contributed by atoms with Gasteiger partial charge in [0.25, 0.3) is 21.9 Å². The van der Waals surface area contributed by atoms with Crippen LogP contribution >= 0.6 is 11.6 Å². The SMILES string of the molecule is CC1(C)OC/C=C/[C@H](OC(=O)N2CCC(F)(F)C2)[C@@H]2CC[C@H]2CN2C[C@@]3(CCCc4cc(Cl)ccc43)COc3ccc(cc32)S(=O)(=O)NC1=O. The maximum Gasteiger partial charge on any atom is 0.410 e. The number of halogens is 3. The Morgan fingerprint density at radius 2 is 1.92 bits per heavy atom. The van der Waals surface area contributed by atoms with Crippen molar-refractivity contribution in [1.82, 2.24) is 9.62 Å². The molecule has 5 aliphatic rings. The van der Waals surface area contributed by atoms with Crippen LogP contribution in [-0.2, 0) is 36.1 Å². The predicted octanol–water partition coefficient (Wildman–Crippen LogP) is 5.86. The van der Waals surface area contributed by atoms with Crippen LogP contribution in [0.1, 0.15) is 57.1 Å². The van der Waals surface area contributed by atoms with E-state index in [1.165, 1.54) is 19.9 Å². The highest BCUT2D eigenvalue weighted by Gasteiger charge is 2.46. The molecule has 2 bridgehead atoms. The molecule has 1 N–H and O–H groups in total. The molecule has 1 saturated carbocycles. The summed E-state index contributed by atoms with van der Waals surface area (Å²) in [6.45, 7) is 3.46. The number of fused-ring (bicyclic) bond motifs is 4. The van der Waals surface area contributed by atoms with Crippen molar-refractivity contribution >= 4 is 39.3 Å². The fourth-order valence-corrected chi connectivity index (χ4v) is 9.28. The molecule has 3 heterocycles. The van der Waals surface area contributed by atoms with Gasteiger partial charge in [0, 0.05) is 42.4 Å². The summed E-state index contributed by atoms with van der Waals surface area (Å²) in [6, 6.07) is 10.6. The smallest absolute Gasteiger partial charge is 0.410 e. The lowest BCUT2D eigenvalue weighted by molar-refractivity contribution is -0.139. The summed E-state index contributed by atoms with van der Waals surface area (Å²) in [5.41, 5.74) is 0.937. The Morgan fingerprint density at radius 1 is 1.10 bits per heavy atom. The number of sulfonamides is 1. The number of carbonyl (C=O) groups is 2. The molecule has 10 nitrogen and oxygen atoms in total. The van der Waals surface area contributed by atoms with E-state index in [1.807, 2.05) is 12.1 Å². The largest absolute Gasteiger partial charge is 0.490 e. The van der Waals surface area contributed by atoms with Crippen LogP contribution in [0.5, 0.6) is 5.75 Å². The van der Waals surface area contributed by atoms with Crippen molar-refractivity contribution < 1.29 is 41.0 Å². The number of carbonyl (C=O) groups excluding carboxylic acids is 2. The fourth-order valence-electron chi connectivity index (χ4n) is 7.97. The number of alkyl halides is 2. The van der Waals surface area contributed by atoms with Crippen LogP contribution in [0, 0.1) is 11.8 Å². The Labute approximate surface area is 296 Å². The van der Waals surface area contributed by atoms with Gasteiger partial charge in [-0.25, -0.2) is 26.7 Å². The zero-order valence-corrected chi connectivity index (χ0v) is 29.7. The topological polar surface area (TPSA) is 114 Å². The molecule has 0 unspecified atom stereocenters. The summed E-state index contributed by atoms with van der Waals surface area (Å²) in [7, 11) is -4.29. The summed E-state index contributed by atoms with van der Waals surface area (Å²) < 4.78 is 75.6. The summed E-state index contributed by atoms with van der Waals surface area (Å²) in [5.74, 6) is -3.42. The maximum absolute atomic E-state index is 14.0. The molecular weight excluding hydrogens is 692 g/mol. The monoisotopic (exact) mass is 733 g/mol. The normalized spacial score (nSPS) is 30.5. The molecule has 0 aromatic heterocycles. The van der Waals surface area contributed by atoms with E-state index < -0.39 is 58.0 Å². The highest BCUT2D eigenvalue weighted by molar-refractivity contribution is 7.90. The van der Waals surface area contributed by atoms with E-state index in [0.717, 1.165) is 48.1 Å². The minimum absolute atomic E-state index is 0.0129. The summed E-state index contributed by atoms with van der Waals surface area (Å²) in [4.78, 5) is 29.5. The third-order valence-electron chi connectivity index (χ3n) is 11.0. The summed E-state index contributed by atoms with van der Waals surface area (Å²) >= 11 is 6.41. The molecule has 7 rings (SSSR count). The second-order valence-electron chi connectivity index (χ2n) is 14.8. The van der Waals surface area contributed by atoms with Gasteiger partial charge in [-0.05, 0) is 99.4 Å². The van der Waals surface area contributed by atoms with Crippen molar-refractivity contribution in [3.63, 3.8) is 0 Å². The average Bonchev–Trinajstić information content (AvgIpc) is 3.34. The number of benzene rings is 2. The van der Waals surface area contributed by atoms with Crippen molar-refractivity contribution in [2.45, 2.75) is 80.3 Å². The molecule has 14 heteroatoms. The van der Waals surface area contributed by atoms with E-state index >= 15 is 0 Å². The third-order valence-corrected chi connectivity index (χ3v) is 12.5. The van der Waals surface area contributed by atoms with Gasteiger partial charge in [0.05, 0.1) is 30.3 Å². The second-order valence-corrected chi connectivity index (χ2v) is 16.9. The third kappa shape index (κ3) is 6.80. The van der Waals surface area contributed by atoms with E-state index in [9.17, 15) is 26.8 Å². The lowest BCUT2D eigenvalue weighted by atomic mass is 9.68. The van der Waals surface area contributed by atoms with Crippen molar-refractivity contribution in [3.05, 3.63) is 64.7 Å². The molecule has 4 atom stereocenters. The van der Waals surface area contributed by atoms with E-state index in [0.29, 0.717) is 36.2 Å². The van der Waals surface area contributed by atoms with Gasteiger partial charge in [0.15, 0.2) is 0 Å². The lowest BCUT2D eigenvalue weighted by Gasteiger charge is -2.46. The molecule has 2 fully saturated rings. The number of ether oxygens (including phenoxy) is 3. The first-order valence-electron chi connectivity index (χ1n) is 17.2. The van der Waals surface area contributed by atoms with E-state index in [-0.39, 0.29) is 29.9 Å². The molecule has 1 saturated heterocycles. The molecule has 3 aliphatic heterocycles. The number of nitrogens with zero attached hydrogens (tertiary/aromatic N) is 2. The Balaban J connectivity index is 1.27. The van der Waals surface area contributed by atoms with Crippen LogP contribution in [0.4, 0.5) is 19.3 Å². The van der Waals surface area contributed by atoms with Gasteiger partial charge >= 0.3 is 6.09 Å². The number of rotatable bonds is 1. The lowest BCUT2D eigenvalue weighted by Crippen LogP contribution is -2.50. The van der Waals surface area contributed by atoms with Crippen LogP contribution in [-0.4, -0.2) is 82.3 Å². The molecule has 270 valence electrons. The Hall–Kier alpha value is -3.42. The molecular formula is C36H42ClF2N3O7S. The first-order chi connectivity index (χ1) is 23.6. The predicted molar refractivity (Wildman–Crippen MR) is 182 cm³/mol. The zero-order valence-electron chi connectivity index (χ0n) is 28.1. The molecule has 50 heavy (non-hydrogen) atoms. The van der Waals surface area contributed by atoms with E-state index in [1.54, 1.807) is 24.3 Å². The molecule has 0 radical (unpaired) electrons. The average molecular weight is 734 g/mol. The highest BCUT2D eigenvalue weighted by Crippen LogP contribution is 2.47. The minimum Gasteiger partial charge on any atom is -0.490 e. The first-order valence-corrected chi connectivity index (χ1v) is 19.0. The van der Waals surface area contributed by atoms with Crippen LogP contribution in [0.25, 0.3) is 0 Å². The van der Waals surface area contributed by atoms with Gasteiger partial charge in [0.2, 0.25) is 0 Å². The van der Waals surface area contributed by atoms with Gasteiger partial charge in [0.1, 0.15) is 17.5 Å². The Kier molecular flexibility index (Phi) is 9.08. The van der Waals surface area contributed by atoms with Crippen molar-refractivity contribution in [3.8, 4) is 5.75 Å². The van der Waals surface area contributed by atoms with E-state index in [2.05, 4.69) is 15.7 Å². The number of hydrogen-bond donors (Lipinski definition) is 1. The zero-order chi connectivity index (χ0) is 35.5. The maximum atomic E-state index is 14.0. The Morgan fingerprint density at radius 3 is 2.66 bits per heavy atom.